The van der Waals surface area contributed by atoms with Gasteiger partial charge >= 0.3 is 0 Å². The molecule has 2 heterocycles. The third-order valence-corrected chi connectivity index (χ3v) is 6.53. The lowest BCUT2D eigenvalue weighted by Gasteiger charge is -2.12. The molecule has 35 heavy (non-hydrogen) atoms. The van der Waals surface area contributed by atoms with Crippen LogP contribution in [-0.4, -0.2) is 47.3 Å². The molecule has 0 unspecified atom stereocenters. The Kier molecular flexibility index (Phi) is 6.58. The second kappa shape index (κ2) is 10.1. The zero-order valence-electron chi connectivity index (χ0n) is 19.3. The van der Waals surface area contributed by atoms with E-state index in [2.05, 4.69) is 10.2 Å². The van der Waals surface area contributed by atoms with Crippen molar-refractivity contribution in [2.24, 2.45) is 0 Å². The molecule has 0 N–H and O–H groups in total. The summed E-state index contributed by atoms with van der Waals surface area (Å²) in [6.07, 6.45) is 0. The Hall–Kier alpha value is -3.98. The summed E-state index contributed by atoms with van der Waals surface area (Å²) in [6, 6.07) is 20.9. The van der Waals surface area contributed by atoms with Crippen LogP contribution in [0.5, 0.6) is 23.0 Å². The number of methoxy groups -OCH3 is 2. The van der Waals surface area contributed by atoms with E-state index in [0.717, 1.165) is 22.7 Å². The van der Waals surface area contributed by atoms with Crippen LogP contribution in [0.15, 0.2) is 71.9 Å². The summed E-state index contributed by atoms with van der Waals surface area (Å²) in [5, 5.41) is 9.50. The largest absolute Gasteiger partial charge is 0.497 e. The van der Waals surface area contributed by atoms with Crippen molar-refractivity contribution in [3.05, 3.63) is 77.9 Å². The van der Waals surface area contributed by atoms with Gasteiger partial charge in [0.2, 0.25) is 6.79 Å². The molecule has 0 atom stereocenters. The summed E-state index contributed by atoms with van der Waals surface area (Å²) in [5.41, 5.74) is 2.44. The van der Waals surface area contributed by atoms with Crippen LogP contribution in [0, 0.1) is 0 Å². The lowest BCUT2D eigenvalue weighted by Crippen LogP contribution is -2.08. The summed E-state index contributed by atoms with van der Waals surface area (Å²) in [5.74, 6) is 3.37. The fourth-order valence-electron chi connectivity index (χ4n) is 3.80. The number of rotatable bonds is 9. The van der Waals surface area contributed by atoms with Crippen molar-refractivity contribution in [1.29, 1.82) is 0 Å². The monoisotopic (exact) mass is 489 g/mol. The molecule has 1 aromatic heterocycles. The smallest absolute Gasteiger partial charge is 0.231 e. The van der Waals surface area contributed by atoms with E-state index in [1.807, 2.05) is 53.1 Å². The molecular formula is C26H23N3O5S. The van der Waals surface area contributed by atoms with Gasteiger partial charge in [-0.15, -0.1) is 10.2 Å². The standard InChI is InChI=1S/C26H23N3O5S/c1-31-19-9-10-20(23(13-19)32-2)21(30)15-35-26-28-27-25(18-6-4-3-5-7-18)29(26)14-17-8-11-22-24(12-17)34-16-33-22/h3-13H,14-16H2,1-2H3. The first-order valence-electron chi connectivity index (χ1n) is 10.9. The highest BCUT2D eigenvalue weighted by molar-refractivity contribution is 7.99. The van der Waals surface area contributed by atoms with E-state index in [9.17, 15) is 4.79 Å². The molecular weight excluding hydrogens is 466 g/mol. The predicted molar refractivity (Wildman–Crippen MR) is 132 cm³/mol. The first kappa shape index (κ1) is 22.8. The van der Waals surface area contributed by atoms with E-state index < -0.39 is 0 Å². The Balaban J connectivity index is 1.42. The zero-order valence-corrected chi connectivity index (χ0v) is 20.1. The average molecular weight is 490 g/mol. The molecule has 178 valence electrons. The Morgan fingerprint density at radius 1 is 0.971 bits per heavy atom. The minimum atomic E-state index is -0.0756. The van der Waals surface area contributed by atoms with Gasteiger partial charge in [-0.1, -0.05) is 48.2 Å². The summed E-state index contributed by atoms with van der Waals surface area (Å²) in [7, 11) is 3.11. The number of fused-ring (bicyclic) bond motifs is 1. The van der Waals surface area contributed by atoms with Crippen LogP contribution < -0.4 is 18.9 Å². The fourth-order valence-corrected chi connectivity index (χ4v) is 4.62. The molecule has 5 rings (SSSR count). The van der Waals surface area contributed by atoms with Gasteiger partial charge in [-0.2, -0.15) is 0 Å². The highest BCUT2D eigenvalue weighted by atomic mass is 32.2. The minimum absolute atomic E-state index is 0.0756. The van der Waals surface area contributed by atoms with Crippen molar-refractivity contribution in [1.82, 2.24) is 14.8 Å². The average Bonchev–Trinajstić information content (AvgIpc) is 3.54. The number of nitrogens with zero attached hydrogens (tertiary/aromatic N) is 3. The molecule has 0 aliphatic carbocycles. The molecule has 9 heteroatoms. The minimum Gasteiger partial charge on any atom is -0.497 e. The Bertz CT molecular complexity index is 1360. The number of Topliss-reactive ketones (excluding diaryl/α,β-unsaturated/α-hetero) is 1. The number of aromatic nitrogens is 3. The molecule has 4 aromatic rings. The highest BCUT2D eigenvalue weighted by Gasteiger charge is 2.20. The number of ether oxygens (including phenoxy) is 4. The summed E-state index contributed by atoms with van der Waals surface area (Å²) in [6.45, 7) is 0.731. The number of thioether (sulfide) groups is 1. The maximum atomic E-state index is 13.0. The van der Waals surface area contributed by atoms with Crippen molar-refractivity contribution in [3.8, 4) is 34.4 Å². The molecule has 1 aliphatic rings. The summed E-state index contributed by atoms with van der Waals surface area (Å²) >= 11 is 1.34. The molecule has 8 nitrogen and oxygen atoms in total. The van der Waals surface area contributed by atoms with Gasteiger partial charge in [-0.25, -0.2) is 0 Å². The summed E-state index contributed by atoms with van der Waals surface area (Å²) in [4.78, 5) is 13.0. The molecule has 0 spiro atoms. The number of carbonyl (C=O) groups excluding carboxylic acids is 1. The molecule has 1 aliphatic heterocycles. The lowest BCUT2D eigenvalue weighted by atomic mass is 10.1. The molecule has 0 amide bonds. The number of carbonyl (C=O) groups is 1. The normalized spacial score (nSPS) is 11.9. The van der Waals surface area contributed by atoms with Crippen molar-refractivity contribution in [3.63, 3.8) is 0 Å². The number of benzene rings is 3. The van der Waals surface area contributed by atoms with Gasteiger partial charge in [-0.05, 0) is 29.8 Å². The van der Waals surface area contributed by atoms with E-state index in [1.54, 1.807) is 25.3 Å². The van der Waals surface area contributed by atoms with Gasteiger partial charge in [0.15, 0.2) is 28.3 Å². The van der Waals surface area contributed by atoms with Gasteiger partial charge in [0.25, 0.3) is 0 Å². The van der Waals surface area contributed by atoms with E-state index in [4.69, 9.17) is 18.9 Å². The fraction of sp³-hybridized carbons (Fsp3) is 0.192. The van der Waals surface area contributed by atoms with Crippen LogP contribution >= 0.6 is 11.8 Å². The van der Waals surface area contributed by atoms with E-state index in [1.165, 1.54) is 18.9 Å². The maximum Gasteiger partial charge on any atom is 0.231 e. The van der Waals surface area contributed by atoms with Gasteiger partial charge in [0.1, 0.15) is 11.5 Å². The van der Waals surface area contributed by atoms with Crippen LogP contribution in [0.25, 0.3) is 11.4 Å². The van der Waals surface area contributed by atoms with Crippen LogP contribution in [0.3, 0.4) is 0 Å². The van der Waals surface area contributed by atoms with Gasteiger partial charge in [0.05, 0.1) is 32.1 Å². The first-order valence-corrected chi connectivity index (χ1v) is 11.9. The van der Waals surface area contributed by atoms with Gasteiger partial charge in [-0.3, -0.25) is 9.36 Å². The Labute approximate surface area is 206 Å². The third kappa shape index (κ3) is 4.81. The quantitative estimate of drug-likeness (QED) is 0.247. The topological polar surface area (TPSA) is 84.7 Å². The Morgan fingerprint density at radius 3 is 2.60 bits per heavy atom. The second-order valence-electron chi connectivity index (χ2n) is 7.72. The molecule has 0 bridgehead atoms. The van der Waals surface area contributed by atoms with Crippen molar-refractivity contribution >= 4 is 17.5 Å². The van der Waals surface area contributed by atoms with Crippen LogP contribution in [0.2, 0.25) is 0 Å². The van der Waals surface area contributed by atoms with Gasteiger partial charge in [0, 0.05) is 11.6 Å². The molecule has 3 aromatic carbocycles. The molecule has 0 radical (unpaired) electrons. The van der Waals surface area contributed by atoms with Crippen LogP contribution in [0.4, 0.5) is 0 Å². The van der Waals surface area contributed by atoms with Crippen LogP contribution in [0.1, 0.15) is 15.9 Å². The number of ketones is 1. The van der Waals surface area contributed by atoms with Gasteiger partial charge < -0.3 is 18.9 Å². The first-order chi connectivity index (χ1) is 17.2. The van der Waals surface area contributed by atoms with E-state index in [-0.39, 0.29) is 18.3 Å². The van der Waals surface area contributed by atoms with E-state index in [0.29, 0.717) is 34.5 Å². The predicted octanol–water partition coefficient (Wildman–Crippen LogP) is 4.71. The van der Waals surface area contributed by atoms with Crippen molar-refractivity contribution in [2.45, 2.75) is 11.7 Å². The number of hydrogen-bond donors (Lipinski definition) is 0. The van der Waals surface area contributed by atoms with Crippen molar-refractivity contribution < 1.29 is 23.7 Å². The van der Waals surface area contributed by atoms with E-state index >= 15 is 0 Å². The number of hydrogen-bond acceptors (Lipinski definition) is 8. The molecule has 0 saturated carbocycles. The van der Waals surface area contributed by atoms with Crippen molar-refractivity contribution in [2.75, 3.05) is 26.8 Å². The maximum absolute atomic E-state index is 13.0. The Morgan fingerprint density at radius 2 is 1.80 bits per heavy atom. The van der Waals surface area contributed by atoms with Crippen LogP contribution in [-0.2, 0) is 6.54 Å². The lowest BCUT2D eigenvalue weighted by molar-refractivity contribution is 0.101. The zero-order chi connectivity index (χ0) is 24.2. The SMILES string of the molecule is COc1ccc(C(=O)CSc2nnc(-c3ccccc3)n2Cc2ccc3c(c2)OCO3)c(OC)c1. The molecule has 0 saturated heterocycles. The second-order valence-corrected chi connectivity index (χ2v) is 8.67. The summed E-state index contributed by atoms with van der Waals surface area (Å²) < 4.78 is 23.6. The highest BCUT2D eigenvalue weighted by Crippen LogP contribution is 2.34. The third-order valence-electron chi connectivity index (χ3n) is 5.57. The molecule has 0 fully saturated rings.